The van der Waals surface area contributed by atoms with Gasteiger partial charge in [0.2, 0.25) is 0 Å². The van der Waals surface area contributed by atoms with Crippen molar-refractivity contribution in [2.75, 3.05) is 0 Å². The molecule has 0 saturated heterocycles. The van der Waals surface area contributed by atoms with Gasteiger partial charge in [0.15, 0.2) is 0 Å². The number of allylic oxidation sites excluding steroid dienone is 1. The Kier molecular flexibility index (Phi) is 5.57. The zero-order valence-corrected chi connectivity index (χ0v) is 7.06. The summed E-state index contributed by atoms with van der Waals surface area (Å²) in [5, 5.41) is 0. The predicted molar refractivity (Wildman–Crippen MR) is 43.0 cm³/mol. The first-order valence-corrected chi connectivity index (χ1v) is 4.83. The lowest BCUT2D eigenvalue weighted by molar-refractivity contribution is 0.983. The van der Waals surface area contributed by atoms with Crippen LogP contribution >= 0.6 is 7.36 Å². The molecular weight excluding hydrogens is 135 g/mol. The molecule has 0 unspecified atom stereocenters. The lowest BCUT2D eigenvalue weighted by Crippen LogP contribution is -1.71. The number of hydrogen-bond acceptors (Lipinski definition) is 1. The third kappa shape index (κ3) is 3.29. The Morgan fingerprint density at radius 2 is 2.00 bits per heavy atom. The van der Waals surface area contributed by atoms with Crippen LogP contribution in [0.5, 0.6) is 0 Å². The Labute approximate surface area is 57.8 Å². The zero-order chi connectivity index (χ0) is 6.41. The van der Waals surface area contributed by atoms with Crippen molar-refractivity contribution in [1.29, 1.82) is 0 Å². The van der Waals surface area contributed by atoms with E-state index < -0.39 is 0 Å². The standard InChI is InChI=1S/C6H11PS/c1-3-6(4-2)5-7-8/h5H,3-4H2,1-2H3. The molecule has 0 saturated carbocycles. The summed E-state index contributed by atoms with van der Waals surface area (Å²) in [6.07, 6.45) is 2.31. The summed E-state index contributed by atoms with van der Waals surface area (Å²) in [6, 6.07) is 0. The van der Waals surface area contributed by atoms with E-state index in [0.29, 0.717) is 0 Å². The monoisotopic (exact) mass is 146 g/mol. The molecule has 0 fully saturated rings. The Morgan fingerprint density at radius 3 is 2.12 bits per heavy atom. The molecule has 0 spiro atoms. The van der Waals surface area contributed by atoms with Gasteiger partial charge in [-0.05, 0) is 18.7 Å². The highest BCUT2D eigenvalue weighted by Gasteiger charge is 1.84. The van der Waals surface area contributed by atoms with E-state index in [-0.39, 0.29) is 0 Å². The first-order chi connectivity index (χ1) is 3.85. The maximum Gasteiger partial charge on any atom is 0.00175 e. The van der Waals surface area contributed by atoms with Gasteiger partial charge in [0.25, 0.3) is 0 Å². The second kappa shape index (κ2) is 5.40. The molecule has 0 aromatic heterocycles. The second-order valence-corrected chi connectivity index (χ2v) is 2.70. The summed E-state index contributed by atoms with van der Waals surface area (Å²) >= 11 is 4.76. The Morgan fingerprint density at radius 1 is 1.50 bits per heavy atom. The fraction of sp³-hybridized carbons (Fsp3) is 0.667. The molecule has 0 N–H and O–H groups in total. The summed E-state index contributed by atoms with van der Waals surface area (Å²) in [7, 11) is 0.977. The molecule has 46 valence electrons. The van der Waals surface area contributed by atoms with Gasteiger partial charge in [0.1, 0.15) is 0 Å². The van der Waals surface area contributed by atoms with Crippen molar-refractivity contribution in [1.82, 2.24) is 0 Å². The van der Waals surface area contributed by atoms with Crippen LogP contribution in [-0.4, -0.2) is 0 Å². The van der Waals surface area contributed by atoms with E-state index >= 15 is 0 Å². The summed E-state index contributed by atoms with van der Waals surface area (Å²) in [5.41, 5.74) is 1.47. The third-order valence-electron chi connectivity index (χ3n) is 1.14. The highest BCUT2D eigenvalue weighted by Crippen LogP contribution is 2.09. The van der Waals surface area contributed by atoms with Crippen molar-refractivity contribution in [2.45, 2.75) is 26.7 Å². The van der Waals surface area contributed by atoms with Crippen LogP contribution in [0.1, 0.15) is 26.7 Å². The molecule has 2 heteroatoms. The van der Waals surface area contributed by atoms with E-state index in [1.165, 1.54) is 5.57 Å². The molecule has 0 aromatic rings. The summed E-state index contributed by atoms with van der Waals surface area (Å²) in [4.78, 5) is 0. The second-order valence-electron chi connectivity index (χ2n) is 1.60. The molecule has 0 amide bonds. The highest BCUT2D eigenvalue weighted by molar-refractivity contribution is 7.97. The van der Waals surface area contributed by atoms with Gasteiger partial charge in [-0.1, -0.05) is 31.2 Å². The van der Waals surface area contributed by atoms with Crippen molar-refractivity contribution >= 4 is 19.2 Å². The van der Waals surface area contributed by atoms with Crippen molar-refractivity contribution in [2.24, 2.45) is 0 Å². The number of rotatable bonds is 3. The minimum absolute atomic E-state index is 0.977. The molecule has 0 nitrogen and oxygen atoms in total. The summed E-state index contributed by atoms with van der Waals surface area (Å²) < 4.78 is 0. The average molecular weight is 146 g/mol. The van der Waals surface area contributed by atoms with Crippen LogP contribution in [0.25, 0.3) is 0 Å². The maximum absolute atomic E-state index is 4.76. The molecule has 0 rings (SSSR count). The summed E-state index contributed by atoms with van der Waals surface area (Å²) in [5.74, 6) is 2.11. The Hall–Kier alpha value is 0.260. The molecule has 0 aliphatic carbocycles. The lowest BCUT2D eigenvalue weighted by Gasteiger charge is -1.92. The van der Waals surface area contributed by atoms with Gasteiger partial charge in [0, 0.05) is 7.36 Å². The molecule has 0 aliphatic rings. The minimum atomic E-state index is 0.977. The quantitative estimate of drug-likeness (QED) is 0.551. The van der Waals surface area contributed by atoms with Gasteiger partial charge in [-0.15, -0.1) is 0 Å². The van der Waals surface area contributed by atoms with E-state index in [1.54, 1.807) is 0 Å². The fourth-order valence-electron chi connectivity index (χ4n) is 0.507. The Bertz CT molecular complexity index is 90.7. The largest absolute Gasteiger partial charge is 0.0654 e. The van der Waals surface area contributed by atoms with Gasteiger partial charge in [-0.25, -0.2) is 0 Å². The first-order valence-electron chi connectivity index (χ1n) is 2.85. The van der Waals surface area contributed by atoms with Crippen molar-refractivity contribution in [3.05, 3.63) is 11.4 Å². The molecule has 0 aromatic carbocycles. The van der Waals surface area contributed by atoms with Crippen LogP contribution in [0.15, 0.2) is 11.4 Å². The first kappa shape index (κ1) is 8.26. The SMILES string of the molecule is CCC(=CP=S)CC. The van der Waals surface area contributed by atoms with Crippen LogP contribution in [0.4, 0.5) is 0 Å². The van der Waals surface area contributed by atoms with Gasteiger partial charge in [-0.2, -0.15) is 0 Å². The van der Waals surface area contributed by atoms with E-state index in [1.807, 2.05) is 0 Å². The van der Waals surface area contributed by atoms with Gasteiger partial charge >= 0.3 is 0 Å². The fourth-order valence-corrected chi connectivity index (χ4v) is 1.47. The zero-order valence-electron chi connectivity index (χ0n) is 5.35. The minimum Gasteiger partial charge on any atom is -0.0654 e. The molecular formula is C6H11PS. The van der Waals surface area contributed by atoms with Crippen molar-refractivity contribution in [3.63, 3.8) is 0 Å². The topological polar surface area (TPSA) is 0 Å². The highest BCUT2D eigenvalue weighted by atomic mass is 32.4. The van der Waals surface area contributed by atoms with Gasteiger partial charge < -0.3 is 0 Å². The van der Waals surface area contributed by atoms with E-state index in [9.17, 15) is 0 Å². The van der Waals surface area contributed by atoms with Gasteiger partial charge in [-0.3, -0.25) is 0 Å². The predicted octanol–water partition coefficient (Wildman–Crippen LogP) is 3.10. The summed E-state index contributed by atoms with van der Waals surface area (Å²) in [6.45, 7) is 4.33. The normalized spacial score (nSPS) is 9.25. The average Bonchev–Trinajstić information content (AvgIpc) is 1.83. The van der Waals surface area contributed by atoms with Crippen molar-refractivity contribution in [3.8, 4) is 0 Å². The lowest BCUT2D eigenvalue weighted by atomic mass is 10.2. The molecule has 0 atom stereocenters. The molecule has 0 bridgehead atoms. The molecule has 0 heterocycles. The maximum atomic E-state index is 4.76. The smallest absolute Gasteiger partial charge is 0.00175 e. The van der Waals surface area contributed by atoms with E-state index in [4.69, 9.17) is 11.8 Å². The Balaban J connectivity index is 3.66. The molecule has 0 radical (unpaired) electrons. The van der Waals surface area contributed by atoms with Crippen LogP contribution in [0.3, 0.4) is 0 Å². The number of hydrogen-bond donors (Lipinski definition) is 0. The molecule has 8 heavy (non-hydrogen) atoms. The van der Waals surface area contributed by atoms with Crippen LogP contribution in [0, 0.1) is 0 Å². The van der Waals surface area contributed by atoms with Crippen molar-refractivity contribution < 1.29 is 0 Å². The van der Waals surface area contributed by atoms with E-state index in [2.05, 4.69) is 19.7 Å². The van der Waals surface area contributed by atoms with E-state index in [0.717, 1.165) is 20.2 Å². The van der Waals surface area contributed by atoms with Crippen LogP contribution in [-0.2, 0) is 11.8 Å². The van der Waals surface area contributed by atoms with Gasteiger partial charge in [0.05, 0.1) is 0 Å². The van der Waals surface area contributed by atoms with Crippen LogP contribution < -0.4 is 0 Å². The van der Waals surface area contributed by atoms with Crippen LogP contribution in [0.2, 0.25) is 0 Å². The molecule has 0 aliphatic heterocycles. The third-order valence-corrected chi connectivity index (χ3v) is 1.93.